The summed E-state index contributed by atoms with van der Waals surface area (Å²) < 4.78 is 6.08. The number of piperazine rings is 1. The minimum Gasteiger partial charge on any atom is -0.459 e. The molecule has 3 amide bonds. The standard InChI is InChI=1S/C20H20N4O4S/c1-13(25)21-20-22-15-5-4-14(11-17(15)29-20)12-18(26)23-6-8-24(9-7-23)19(27)16-3-2-10-28-16/h2-5,10-11H,6-9,12H2,1H3,(H,21,22,25). The molecule has 0 saturated carbocycles. The molecule has 1 saturated heterocycles. The van der Waals surface area contributed by atoms with Crippen molar-refractivity contribution in [3.8, 4) is 0 Å². The van der Waals surface area contributed by atoms with E-state index in [-0.39, 0.29) is 24.1 Å². The molecule has 0 atom stereocenters. The number of thiazole rings is 1. The largest absolute Gasteiger partial charge is 0.459 e. The molecule has 29 heavy (non-hydrogen) atoms. The molecule has 150 valence electrons. The summed E-state index contributed by atoms with van der Waals surface area (Å²) >= 11 is 1.38. The summed E-state index contributed by atoms with van der Waals surface area (Å²) in [5.41, 5.74) is 1.69. The van der Waals surface area contributed by atoms with Crippen LogP contribution < -0.4 is 5.32 Å². The number of carbonyl (C=O) groups is 3. The predicted octanol–water partition coefficient (Wildman–Crippen LogP) is 2.37. The van der Waals surface area contributed by atoms with Crippen molar-refractivity contribution in [2.24, 2.45) is 0 Å². The molecule has 0 spiro atoms. The highest BCUT2D eigenvalue weighted by Gasteiger charge is 2.26. The lowest BCUT2D eigenvalue weighted by Gasteiger charge is -2.34. The highest BCUT2D eigenvalue weighted by Crippen LogP contribution is 2.27. The first-order chi connectivity index (χ1) is 14.0. The Morgan fingerprint density at radius 1 is 1.14 bits per heavy atom. The lowest BCUT2D eigenvalue weighted by atomic mass is 10.1. The second-order valence-electron chi connectivity index (χ2n) is 6.83. The molecular formula is C20H20N4O4S. The van der Waals surface area contributed by atoms with Gasteiger partial charge in [-0.05, 0) is 29.8 Å². The first-order valence-corrected chi connectivity index (χ1v) is 10.1. The zero-order valence-electron chi connectivity index (χ0n) is 15.9. The normalized spacial score (nSPS) is 14.2. The van der Waals surface area contributed by atoms with E-state index in [0.717, 1.165) is 15.8 Å². The zero-order valence-corrected chi connectivity index (χ0v) is 16.7. The number of nitrogens with one attached hydrogen (secondary N) is 1. The van der Waals surface area contributed by atoms with Crippen molar-refractivity contribution in [1.82, 2.24) is 14.8 Å². The molecule has 2 aromatic heterocycles. The van der Waals surface area contributed by atoms with Crippen LogP contribution in [-0.4, -0.2) is 58.7 Å². The topological polar surface area (TPSA) is 95.8 Å². The molecule has 3 heterocycles. The summed E-state index contributed by atoms with van der Waals surface area (Å²) in [5, 5.41) is 3.23. The third-order valence-corrected chi connectivity index (χ3v) is 5.68. The Morgan fingerprint density at radius 2 is 1.90 bits per heavy atom. The van der Waals surface area contributed by atoms with Crippen LogP contribution in [0.2, 0.25) is 0 Å². The van der Waals surface area contributed by atoms with Crippen molar-refractivity contribution < 1.29 is 18.8 Å². The third kappa shape index (κ3) is 4.29. The number of aromatic nitrogens is 1. The van der Waals surface area contributed by atoms with Gasteiger partial charge in [0.15, 0.2) is 10.9 Å². The van der Waals surface area contributed by atoms with Crippen molar-refractivity contribution >= 4 is 44.4 Å². The van der Waals surface area contributed by atoms with Gasteiger partial charge in [-0.25, -0.2) is 4.98 Å². The average molecular weight is 412 g/mol. The minimum absolute atomic E-state index is 0.0287. The van der Waals surface area contributed by atoms with Crippen molar-refractivity contribution in [3.63, 3.8) is 0 Å². The van der Waals surface area contributed by atoms with Gasteiger partial charge in [0.25, 0.3) is 5.91 Å². The highest BCUT2D eigenvalue weighted by atomic mass is 32.1. The van der Waals surface area contributed by atoms with Crippen LogP contribution in [-0.2, 0) is 16.0 Å². The fourth-order valence-electron chi connectivity index (χ4n) is 3.28. The molecule has 0 radical (unpaired) electrons. The highest BCUT2D eigenvalue weighted by molar-refractivity contribution is 7.22. The van der Waals surface area contributed by atoms with Gasteiger partial charge in [0.1, 0.15) is 0 Å². The Labute approximate surface area is 171 Å². The van der Waals surface area contributed by atoms with E-state index in [1.807, 2.05) is 18.2 Å². The second-order valence-corrected chi connectivity index (χ2v) is 7.86. The SMILES string of the molecule is CC(=O)Nc1nc2ccc(CC(=O)N3CCN(C(=O)c4ccco4)CC3)cc2s1. The number of fused-ring (bicyclic) bond motifs is 1. The van der Waals surface area contributed by atoms with E-state index in [0.29, 0.717) is 37.1 Å². The monoisotopic (exact) mass is 412 g/mol. The van der Waals surface area contributed by atoms with E-state index in [4.69, 9.17) is 4.42 Å². The second kappa shape index (κ2) is 8.04. The number of rotatable bonds is 4. The fourth-order valence-corrected chi connectivity index (χ4v) is 4.26. The van der Waals surface area contributed by atoms with Crippen LogP contribution in [0, 0.1) is 0 Å². The Bertz CT molecular complexity index is 1050. The van der Waals surface area contributed by atoms with Gasteiger partial charge < -0.3 is 19.5 Å². The molecule has 4 rings (SSSR count). The van der Waals surface area contributed by atoms with Gasteiger partial charge in [-0.2, -0.15) is 0 Å². The van der Waals surface area contributed by atoms with Crippen molar-refractivity contribution in [3.05, 3.63) is 47.9 Å². The van der Waals surface area contributed by atoms with Crippen LogP contribution in [0.25, 0.3) is 10.2 Å². The van der Waals surface area contributed by atoms with Crippen LogP contribution in [0.5, 0.6) is 0 Å². The van der Waals surface area contributed by atoms with Crippen molar-refractivity contribution in [2.45, 2.75) is 13.3 Å². The van der Waals surface area contributed by atoms with Gasteiger partial charge >= 0.3 is 0 Å². The van der Waals surface area contributed by atoms with Crippen LogP contribution in [0.4, 0.5) is 5.13 Å². The molecule has 9 heteroatoms. The summed E-state index contributed by atoms with van der Waals surface area (Å²) in [6.45, 7) is 3.41. The lowest BCUT2D eigenvalue weighted by Crippen LogP contribution is -2.50. The van der Waals surface area contributed by atoms with Crippen LogP contribution in [0.3, 0.4) is 0 Å². The van der Waals surface area contributed by atoms with Gasteiger partial charge in [-0.1, -0.05) is 17.4 Å². The first-order valence-electron chi connectivity index (χ1n) is 9.27. The summed E-state index contributed by atoms with van der Waals surface area (Å²) in [7, 11) is 0. The molecule has 0 aliphatic carbocycles. The molecule has 1 aliphatic rings. The van der Waals surface area contributed by atoms with E-state index < -0.39 is 0 Å². The summed E-state index contributed by atoms with van der Waals surface area (Å²) in [6.07, 6.45) is 1.77. The molecule has 1 aromatic carbocycles. The number of hydrogen-bond acceptors (Lipinski definition) is 6. The van der Waals surface area contributed by atoms with Gasteiger partial charge in [0.05, 0.1) is 22.9 Å². The van der Waals surface area contributed by atoms with Crippen LogP contribution >= 0.6 is 11.3 Å². The summed E-state index contributed by atoms with van der Waals surface area (Å²) in [5.74, 6) is 0.0409. The van der Waals surface area contributed by atoms with Gasteiger partial charge in [0, 0.05) is 33.1 Å². The van der Waals surface area contributed by atoms with E-state index in [9.17, 15) is 14.4 Å². The summed E-state index contributed by atoms with van der Waals surface area (Å²) in [4.78, 5) is 44.0. The predicted molar refractivity (Wildman–Crippen MR) is 109 cm³/mol. The van der Waals surface area contributed by atoms with E-state index in [2.05, 4.69) is 10.3 Å². The van der Waals surface area contributed by atoms with E-state index >= 15 is 0 Å². The van der Waals surface area contributed by atoms with Crippen LogP contribution in [0.15, 0.2) is 41.0 Å². The quantitative estimate of drug-likeness (QED) is 0.710. The summed E-state index contributed by atoms with van der Waals surface area (Å²) in [6, 6.07) is 9.01. The number of carbonyl (C=O) groups excluding carboxylic acids is 3. The maximum Gasteiger partial charge on any atom is 0.289 e. The molecule has 0 unspecified atom stereocenters. The number of amides is 3. The number of anilines is 1. The molecule has 1 aliphatic heterocycles. The molecular weight excluding hydrogens is 392 g/mol. The third-order valence-electron chi connectivity index (χ3n) is 4.74. The number of furan rings is 1. The first kappa shape index (κ1) is 19.1. The number of hydrogen-bond donors (Lipinski definition) is 1. The van der Waals surface area contributed by atoms with Crippen molar-refractivity contribution in [2.75, 3.05) is 31.5 Å². The van der Waals surface area contributed by atoms with Gasteiger partial charge in [-0.3, -0.25) is 14.4 Å². The Morgan fingerprint density at radius 3 is 2.59 bits per heavy atom. The Hall–Kier alpha value is -3.20. The molecule has 3 aromatic rings. The Kier molecular flexibility index (Phi) is 5.30. The minimum atomic E-state index is -0.163. The van der Waals surface area contributed by atoms with Crippen LogP contribution in [0.1, 0.15) is 23.0 Å². The van der Waals surface area contributed by atoms with Gasteiger partial charge in [0.2, 0.25) is 11.8 Å². The zero-order chi connectivity index (χ0) is 20.4. The van der Waals surface area contributed by atoms with E-state index in [1.54, 1.807) is 21.9 Å². The maximum atomic E-state index is 12.7. The van der Waals surface area contributed by atoms with E-state index in [1.165, 1.54) is 24.5 Å². The molecule has 8 nitrogen and oxygen atoms in total. The fraction of sp³-hybridized carbons (Fsp3) is 0.300. The average Bonchev–Trinajstić information content (AvgIpc) is 3.36. The smallest absolute Gasteiger partial charge is 0.289 e. The number of benzene rings is 1. The lowest BCUT2D eigenvalue weighted by molar-refractivity contribution is -0.131. The maximum absolute atomic E-state index is 12.7. The van der Waals surface area contributed by atoms with Crippen molar-refractivity contribution in [1.29, 1.82) is 0 Å². The Balaban J connectivity index is 1.36. The molecule has 1 N–H and O–H groups in total. The molecule has 0 bridgehead atoms. The molecule has 1 fully saturated rings. The number of nitrogens with zero attached hydrogens (tertiary/aromatic N) is 3. The van der Waals surface area contributed by atoms with Gasteiger partial charge in [-0.15, -0.1) is 0 Å².